The predicted octanol–water partition coefficient (Wildman–Crippen LogP) is 2.09. The molecule has 0 spiro atoms. The lowest BCUT2D eigenvalue weighted by atomic mass is 9.96. The van der Waals surface area contributed by atoms with Crippen LogP contribution in [0.5, 0.6) is 5.75 Å². The lowest BCUT2D eigenvalue weighted by Gasteiger charge is -2.40. The maximum absolute atomic E-state index is 13.0. The van der Waals surface area contributed by atoms with Crippen molar-refractivity contribution in [2.75, 3.05) is 71.0 Å². The molecule has 27 heavy (non-hydrogen) atoms. The molecule has 1 amide bonds. The highest BCUT2D eigenvalue weighted by Crippen LogP contribution is 2.29. The highest BCUT2D eigenvalue weighted by molar-refractivity contribution is 5.79. The fourth-order valence-corrected chi connectivity index (χ4v) is 4.10. The normalized spacial score (nSPS) is 21.3. The quantitative estimate of drug-likeness (QED) is 0.730. The number of rotatable bonds is 7. The summed E-state index contributed by atoms with van der Waals surface area (Å²) in [6.45, 7) is 9.56. The third-order valence-corrected chi connectivity index (χ3v) is 5.56. The van der Waals surface area contributed by atoms with Gasteiger partial charge >= 0.3 is 0 Å². The molecule has 0 aromatic heterocycles. The predicted molar refractivity (Wildman–Crippen MR) is 107 cm³/mol. The average Bonchev–Trinajstić information content (AvgIpc) is 2.73. The summed E-state index contributed by atoms with van der Waals surface area (Å²) in [6.07, 6.45) is 2.11. The van der Waals surface area contributed by atoms with Crippen molar-refractivity contribution in [1.82, 2.24) is 9.80 Å². The van der Waals surface area contributed by atoms with Crippen molar-refractivity contribution in [3.8, 4) is 5.75 Å². The van der Waals surface area contributed by atoms with Gasteiger partial charge in [-0.25, -0.2) is 0 Å². The van der Waals surface area contributed by atoms with Crippen LogP contribution in [0.25, 0.3) is 0 Å². The number of hydrogen-bond acceptors (Lipinski definition) is 5. The first-order valence-electron chi connectivity index (χ1n) is 10.2. The number of methoxy groups -OCH3 is 1. The molecule has 2 aliphatic rings. The van der Waals surface area contributed by atoms with Gasteiger partial charge in [0.1, 0.15) is 5.75 Å². The van der Waals surface area contributed by atoms with E-state index in [0.717, 1.165) is 76.7 Å². The lowest BCUT2D eigenvalue weighted by molar-refractivity contribution is -0.137. The van der Waals surface area contributed by atoms with Crippen LogP contribution in [0.1, 0.15) is 19.8 Å². The summed E-state index contributed by atoms with van der Waals surface area (Å²) in [7, 11) is 1.73. The zero-order chi connectivity index (χ0) is 19.1. The second kappa shape index (κ2) is 9.95. The second-order valence-electron chi connectivity index (χ2n) is 7.35. The van der Waals surface area contributed by atoms with Crippen LogP contribution in [-0.2, 0) is 9.53 Å². The second-order valence-corrected chi connectivity index (χ2v) is 7.35. The number of benzene rings is 1. The Bertz CT molecular complexity index is 602. The fraction of sp³-hybridized carbons (Fsp3) is 0.667. The number of para-hydroxylation sites is 2. The maximum atomic E-state index is 13.0. The summed E-state index contributed by atoms with van der Waals surface area (Å²) < 4.78 is 11.0. The Kier molecular flexibility index (Phi) is 7.35. The van der Waals surface area contributed by atoms with Gasteiger partial charge in [-0.1, -0.05) is 12.1 Å². The van der Waals surface area contributed by atoms with E-state index in [4.69, 9.17) is 9.47 Å². The van der Waals surface area contributed by atoms with Crippen LogP contribution < -0.4 is 9.64 Å². The first-order valence-corrected chi connectivity index (χ1v) is 10.2. The van der Waals surface area contributed by atoms with Gasteiger partial charge in [0.2, 0.25) is 5.91 Å². The van der Waals surface area contributed by atoms with Gasteiger partial charge in [0.15, 0.2) is 0 Å². The molecule has 1 aromatic rings. The molecule has 0 N–H and O–H groups in total. The number of carbonyl (C=O) groups is 1. The first kappa shape index (κ1) is 20.0. The highest BCUT2D eigenvalue weighted by atomic mass is 16.5. The van der Waals surface area contributed by atoms with Crippen molar-refractivity contribution in [1.29, 1.82) is 0 Å². The van der Waals surface area contributed by atoms with Gasteiger partial charge < -0.3 is 24.2 Å². The Labute approximate surface area is 163 Å². The smallest absolute Gasteiger partial charge is 0.227 e. The summed E-state index contributed by atoms with van der Waals surface area (Å²) in [5, 5.41) is 0. The van der Waals surface area contributed by atoms with E-state index in [-0.39, 0.29) is 5.92 Å². The average molecular weight is 376 g/mol. The van der Waals surface area contributed by atoms with Gasteiger partial charge in [0, 0.05) is 46.4 Å². The fourth-order valence-electron chi connectivity index (χ4n) is 4.10. The number of carbonyl (C=O) groups excluding carboxylic acids is 1. The minimum Gasteiger partial charge on any atom is -0.492 e. The van der Waals surface area contributed by atoms with E-state index < -0.39 is 0 Å². The van der Waals surface area contributed by atoms with Gasteiger partial charge in [-0.3, -0.25) is 4.79 Å². The van der Waals surface area contributed by atoms with Gasteiger partial charge in [0.05, 0.1) is 24.8 Å². The molecule has 2 aliphatic heterocycles. The van der Waals surface area contributed by atoms with E-state index in [1.54, 1.807) is 7.11 Å². The van der Waals surface area contributed by atoms with Gasteiger partial charge in [-0.15, -0.1) is 0 Å². The Balaban J connectivity index is 1.53. The van der Waals surface area contributed by atoms with Crippen LogP contribution in [0.4, 0.5) is 5.69 Å². The van der Waals surface area contributed by atoms with Crippen molar-refractivity contribution in [3.05, 3.63) is 24.3 Å². The van der Waals surface area contributed by atoms with Crippen molar-refractivity contribution >= 4 is 11.6 Å². The number of piperazine rings is 1. The van der Waals surface area contributed by atoms with Crippen LogP contribution in [0.15, 0.2) is 24.3 Å². The largest absolute Gasteiger partial charge is 0.492 e. The molecule has 0 bridgehead atoms. The summed E-state index contributed by atoms with van der Waals surface area (Å²) >= 11 is 0. The number of amides is 1. The Morgan fingerprint density at radius 3 is 2.67 bits per heavy atom. The molecule has 150 valence electrons. The van der Waals surface area contributed by atoms with Crippen molar-refractivity contribution in [3.63, 3.8) is 0 Å². The zero-order valence-electron chi connectivity index (χ0n) is 16.7. The molecule has 2 saturated heterocycles. The van der Waals surface area contributed by atoms with E-state index >= 15 is 0 Å². The molecule has 1 atom stereocenters. The van der Waals surface area contributed by atoms with E-state index in [9.17, 15) is 4.79 Å². The van der Waals surface area contributed by atoms with Crippen LogP contribution in [-0.4, -0.2) is 81.8 Å². The minimum atomic E-state index is 0.137. The Morgan fingerprint density at radius 2 is 1.93 bits per heavy atom. The molecule has 2 fully saturated rings. The number of ether oxygens (including phenoxy) is 2. The van der Waals surface area contributed by atoms with Gasteiger partial charge in [-0.2, -0.15) is 0 Å². The molecule has 6 nitrogen and oxygen atoms in total. The summed E-state index contributed by atoms with van der Waals surface area (Å²) in [5.41, 5.74) is 1.13. The summed E-state index contributed by atoms with van der Waals surface area (Å²) in [5.74, 6) is 1.40. The summed E-state index contributed by atoms with van der Waals surface area (Å²) in [6, 6.07) is 8.18. The molecule has 2 heterocycles. The first-order chi connectivity index (χ1) is 13.2. The van der Waals surface area contributed by atoms with Crippen molar-refractivity contribution in [2.24, 2.45) is 5.92 Å². The van der Waals surface area contributed by atoms with E-state index in [1.807, 2.05) is 25.1 Å². The summed E-state index contributed by atoms with van der Waals surface area (Å²) in [4.78, 5) is 19.8. The maximum Gasteiger partial charge on any atom is 0.227 e. The van der Waals surface area contributed by atoms with Crippen LogP contribution in [0.2, 0.25) is 0 Å². The molecular weight excluding hydrogens is 342 g/mol. The van der Waals surface area contributed by atoms with Gasteiger partial charge in [-0.05, 0) is 38.4 Å². The third kappa shape index (κ3) is 5.14. The van der Waals surface area contributed by atoms with Gasteiger partial charge in [0.25, 0.3) is 0 Å². The van der Waals surface area contributed by atoms with Crippen LogP contribution >= 0.6 is 0 Å². The molecule has 3 rings (SSSR count). The number of hydrogen-bond donors (Lipinski definition) is 0. The molecule has 0 saturated carbocycles. The SMILES string of the molecule is CCOc1ccccc1N1CCN(C(=O)C2CCCN(CCOC)C2)CC1. The van der Waals surface area contributed by atoms with Crippen molar-refractivity contribution in [2.45, 2.75) is 19.8 Å². The zero-order valence-corrected chi connectivity index (χ0v) is 16.7. The molecular formula is C21H33N3O3. The lowest BCUT2D eigenvalue weighted by Crippen LogP contribution is -2.52. The molecule has 1 aromatic carbocycles. The topological polar surface area (TPSA) is 45.2 Å². The molecule has 0 radical (unpaired) electrons. The molecule has 0 aliphatic carbocycles. The minimum absolute atomic E-state index is 0.137. The van der Waals surface area contributed by atoms with Crippen molar-refractivity contribution < 1.29 is 14.3 Å². The van der Waals surface area contributed by atoms with Crippen LogP contribution in [0.3, 0.4) is 0 Å². The number of anilines is 1. The number of nitrogens with zero attached hydrogens (tertiary/aromatic N) is 3. The Morgan fingerprint density at radius 1 is 1.15 bits per heavy atom. The standard InChI is InChI=1S/C21H33N3O3/c1-3-27-20-9-5-4-8-19(20)23-11-13-24(14-12-23)21(25)18-7-6-10-22(17-18)15-16-26-2/h4-5,8-9,18H,3,6-7,10-17H2,1-2H3. The van der Waals surface area contributed by atoms with E-state index in [1.165, 1.54) is 0 Å². The number of likely N-dealkylation sites (tertiary alicyclic amines) is 1. The number of piperidine rings is 1. The Hall–Kier alpha value is -1.79. The van der Waals surface area contributed by atoms with Crippen LogP contribution in [0, 0.1) is 5.92 Å². The highest BCUT2D eigenvalue weighted by Gasteiger charge is 2.31. The van der Waals surface area contributed by atoms with E-state index in [2.05, 4.69) is 20.8 Å². The third-order valence-electron chi connectivity index (χ3n) is 5.56. The molecule has 1 unspecified atom stereocenters. The monoisotopic (exact) mass is 375 g/mol. The van der Waals surface area contributed by atoms with E-state index in [0.29, 0.717) is 12.5 Å². The molecule has 6 heteroatoms.